The van der Waals surface area contributed by atoms with Gasteiger partial charge in [0.05, 0.1) is 65.1 Å². The molecule has 0 amide bonds. The smallest absolute Gasteiger partial charge is 0.0774 e. The predicted molar refractivity (Wildman–Crippen MR) is 84.4 cm³/mol. The number of hydrogen-bond acceptors (Lipinski definition) is 5. The van der Waals surface area contributed by atoms with Crippen LogP contribution in [0.15, 0.2) is 0 Å². The molecule has 0 aliphatic carbocycles. The molecule has 0 spiro atoms. The van der Waals surface area contributed by atoms with Gasteiger partial charge in [-0.1, -0.05) is 27.7 Å². The summed E-state index contributed by atoms with van der Waals surface area (Å²) in [4.78, 5) is 0. The standard InChI is InChI=1S/C18H30O5/c1-15(5-19-6-15)13(16(2)7-20-8-16)23-14(17(3)9-21-10-17)18(4)11-22-12-18/h13-14H,5-12H2,1-4H3. The van der Waals surface area contributed by atoms with Crippen molar-refractivity contribution in [3.05, 3.63) is 0 Å². The average molecular weight is 326 g/mol. The van der Waals surface area contributed by atoms with Crippen LogP contribution < -0.4 is 0 Å². The van der Waals surface area contributed by atoms with Gasteiger partial charge in [0.25, 0.3) is 0 Å². The highest BCUT2D eigenvalue weighted by molar-refractivity contribution is 5.06. The van der Waals surface area contributed by atoms with E-state index in [1.807, 2.05) is 0 Å². The Morgan fingerprint density at radius 1 is 0.522 bits per heavy atom. The van der Waals surface area contributed by atoms with E-state index in [1.54, 1.807) is 0 Å². The molecule has 0 atom stereocenters. The third kappa shape index (κ3) is 2.39. The molecule has 0 saturated carbocycles. The Bertz CT molecular complexity index is 378. The Balaban J connectivity index is 1.60. The van der Waals surface area contributed by atoms with E-state index in [9.17, 15) is 0 Å². The lowest BCUT2D eigenvalue weighted by Crippen LogP contribution is -2.68. The van der Waals surface area contributed by atoms with Crippen LogP contribution in [0.3, 0.4) is 0 Å². The Hall–Kier alpha value is -0.200. The van der Waals surface area contributed by atoms with Gasteiger partial charge in [-0.3, -0.25) is 0 Å². The lowest BCUT2D eigenvalue weighted by atomic mass is 9.64. The van der Waals surface area contributed by atoms with Gasteiger partial charge >= 0.3 is 0 Å². The van der Waals surface area contributed by atoms with Gasteiger partial charge < -0.3 is 23.7 Å². The van der Waals surface area contributed by atoms with Crippen molar-refractivity contribution in [3.8, 4) is 0 Å². The second kappa shape index (κ2) is 5.15. The maximum atomic E-state index is 6.96. The molecular weight excluding hydrogens is 296 g/mol. The zero-order valence-electron chi connectivity index (χ0n) is 14.9. The summed E-state index contributed by atoms with van der Waals surface area (Å²) >= 11 is 0. The molecule has 4 rings (SSSR count). The van der Waals surface area contributed by atoms with E-state index in [1.165, 1.54) is 0 Å². The fourth-order valence-corrected chi connectivity index (χ4v) is 4.78. The van der Waals surface area contributed by atoms with Crippen LogP contribution in [0.25, 0.3) is 0 Å². The van der Waals surface area contributed by atoms with E-state index in [0.29, 0.717) is 0 Å². The van der Waals surface area contributed by atoms with Crippen molar-refractivity contribution in [2.24, 2.45) is 21.7 Å². The minimum atomic E-state index is 0.0821. The van der Waals surface area contributed by atoms with Crippen molar-refractivity contribution in [1.82, 2.24) is 0 Å². The van der Waals surface area contributed by atoms with Crippen molar-refractivity contribution in [3.63, 3.8) is 0 Å². The van der Waals surface area contributed by atoms with E-state index in [-0.39, 0.29) is 33.9 Å². The summed E-state index contributed by atoms with van der Waals surface area (Å²) in [5.41, 5.74) is 0.328. The molecule has 0 unspecified atom stereocenters. The third-order valence-electron chi connectivity index (χ3n) is 6.26. The number of hydrogen-bond donors (Lipinski definition) is 0. The van der Waals surface area contributed by atoms with Crippen LogP contribution >= 0.6 is 0 Å². The Labute approximate surface area is 138 Å². The number of rotatable bonds is 6. The lowest BCUT2D eigenvalue weighted by molar-refractivity contribution is -0.329. The molecule has 4 saturated heterocycles. The first-order chi connectivity index (χ1) is 10.8. The second-order valence-electron chi connectivity index (χ2n) is 9.48. The van der Waals surface area contributed by atoms with Gasteiger partial charge in [-0.25, -0.2) is 0 Å². The predicted octanol–water partition coefficient (Wildman–Crippen LogP) is 1.89. The molecule has 0 N–H and O–H groups in total. The Morgan fingerprint density at radius 3 is 0.870 bits per heavy atom. The molecular formula is C18H30O5. The van der Waals surface area contributed by atoms with Crippen molar-refractivity contribution < 1.29 is 23.7 Å². The summed E-state index contributed by atoms with van der Waals surface area (Å²) in [6.45, 7) is 15.4. The highest BCUT2D eigenvalue weighted by Gasteiger charge is 2.60. The van der Waals surface area contributed by atoms with Crippen LogP contribution in [0.1, 0.15) is 27.7 Å². The highest BCUT2D eigenvalue weighted by Crippen LogP contribution is 2.52. The topological polar surface area (TPSA) is 46.2 Å². The van der Waals surface area contributed by atoms with Crippen LogP contribution in [-0.2, 0) is 23.7 Å². The van der Waals surface area contributed by atoms with E-state index in [4.69, 9.17) is 23.7 Å². The minimum absolute atomic E-state index is 0.0821. The summed E-state index contributed by atoms with van der Waals surface area (Å²) in [5.74, 6) is 0. The van der Waals surface area contributed by atoms with Gasteiger partial charge in [0.15, 0.2) is 0 Å². The first-order valence-corrected chi connectivity index (χ1v) is 8.76. The van der Waals surface area contributed by atoms with Gasteiger partial charge in [0.2, 0.25) is 0 Å². The summed E-state index contributed by atoms with van der Waals surface area (Å²) in [6, 6.07) is 0. The SMILES string of the molecule is CC1(C(OC(C2(C)COC2)C2(C)COC2)C2(C)COC2)COC1. The van der Waals surface area contributed by atoms with Crippen molar-refractivity contribution in [1.29, 1.82) is 0 Å². The van der Waals surface area contributed by atoms with Crippen molar-refractivity contribution in [2.75, 3.05) is 52.9 Å². The monoisotopic (exact) mass is 326 g/mol. The van der Waals surface area contributed by atoms with Crippen LogP contribution in [-0.4, -0.2) is 65.1 Å². The summed E-state index contributed by atoms with van der Waals surface area (Å²) < 4.78 is 29.1. The zero-order chi connectivity index (χ0) is 16.3. The molecule has 23 heavy (non-hydrogen) atoms. The summed E-state index contributed by atoms with van der Waals surface area (Å²) in [7, 11) is 0. The maximum absolute atomic E-state index is 6.96. The average Bonchev–Trinajstić information content (AvgIpc) is 2.39. The largest absolute Gasteiger partial charge is 0.380 e. The normalized spacial score (nSPS) is 32.6. The van der Waals surface area contributed by atoms with Crippen LogP contribution in [0, 0.1) is 21.7 Å². The van der Waals surface area contributed by atoms with Crippen molar-refractivity contribution >= 4 is 0 Å². The Morgan fingerprint density at radius 2 is 0.739 bits per heavy atom. The van der Waals surface area contributed by atoms with Gasteiger partial charge in [-0.05, 0) is 0 Å². The fraction of sp³-hybridized carbons (Fsp3) is 1.00. The first-order valence-electron chi connectivity index (χ1n) is 8.76. The summed E-state index contributed by atoms with van der Waals surface area (Å²) in [6.07, 6.45) is 0.301. The summed E-state index contributed by atoms with van der Waals surface area (Å²) in [5, 5.41) is 0. The highest BCUT2D eigenvalue weighted by atomic mass is 16.6. The van der Waals surface area contributed by atoms with Crippen molar-refractivity contribution in [2.45, 2.75) is 39.9 Å². The maximum Gasteiger partial charge on any atom is 0.0774 e. The van der Waals surface area contributed by atoms with Crippen LogP contribution in [0.5, 0.6) is 0 Å². The molecule has 4 aliphatic heterocycles. The van der Waals surface area contributed by atoms with Gasteiger partial charge in [-0.15, -0.1) is 0 Å². The van der Waals surface area contributed by atoms with Crippen LogP contribution in [0.2, 0.25) is 0 Å². The second-order valence-corrected chi connectivity index (χ2v) is 9.48. The molecule has 132 valence electrons. The van der Waals surface area contributed by atoms with Crippen LogP contribution in [0.4, 0.5) is 0 Å². The fourth-order valence-electron chi connectivity index (χ4n) is 4.78. The van der Waals surface area contributed by atoms with E-state index in [2.05, 4.69) is 27.7 Å². The first kappa shape index (κ1) is 16.3. The van der Waals surface area contributed by atoms with E-state index in [0.717, 1.165) is 52.9 Å². The molecule has 0 radical (unpaired) electrons. The lowest BCUT2D eigenvalue weighted by Gasteiger charge is -2.60. The van der Waals surface area contributed by atoms with Gasteiger partial charge in [-0.2, -0.15) is 0 Å². The van der Waals surface area contributed by atoms with Gasteiger partial charge in [0, 0.05) is 21.7 Å². The van der Waals surface area contributed by atoms with E-state index < -0.39 is 0 Å². The molecule has 4 fully saturated rings. The molecule has 5 heteroatoms. The van der Waals surface area contributed by atoms with E-state index >= 15 is 0 Å². The van der Waals surface area contributed by atoms with Gasteiger partial charge in [0.1, 0.15) is 0 Å². The third-order valence-corrected chi connectivity index (χ3v) is 6.26. The molecule has 0 bridgehead atoms. The molecule has 4 heterocycles. The molecule has 5 nitrogen and oxygen atoms in total. The zero-order valence-corrected chi connectivity index (χ0v) is 14.9. The molecule has 0 aromatic heterocycles. The molecule has 4 aliphatic rings. The number of ether oxygens (including phenoxy) is 5. The minimum Gasteiger partial charge on any atom is -0.380 e. The molecule has 0 aromatic carbocycles. The quantitative estimate of drug-likeness (QED) is 0.746. The molecule has 0 aromatic rings. The Kier molecular flexibility index (Phi) is 3.64.